The topological polar surface area (TPSA) is 44.0 Å². The number of hydrogen-bond donors (Lipinski definition) is 0. The molecule has 0 radical (unpaired) electrons. The molecule has 2 rings (SSSR count). The second-order valence-electron chi connectivity index (χ2n) is 3.76. The normalized spacial score (nSPS) is 10.5. The molecular formula is C12H11FN2O2. The monoisotopic (exact) mass is 234 g/mol. The minimum atomic E-state index is -0.387. The van der Waals surface area contributed by atoms with Gasteiger partial charge in [-0.3, -0.25) is 9.36 Å². The molecule has 1 aromatic carbocycles. The number of aryl methyl sites for hydroxylation is 1. The molecule has 88 valence electrons. The lowest BCUT2D eigenvalue weighted by Gasteiger charge is -2.06. The molecule has 4 nitrogen and oxygen atoms in total. The van der Waals surface area contributed by atoms with Crippen molar-refractivity contribution in [1.29, 1.82) is 0 Å². The van der Waals surface area contributed by atoms with E-state index in [4.69, 9.17) is 0 Å². The Labute approximate surface area is 96.6 Å². The maximum absolute atomic E-state index is 12.7. The van der Waals surface area contributed by atoms with Gasteiger partial charge in [-0.2, -0.15) is 0 Å². The third kappa shape index (κ3) is 2.33. The van der Waals surface area contributed by atoms with E-state index in [0.717, 1.165) is 4.57 Å². The van der Waals surface area contributed by atoms with Crippen molar-refractivity contribution in [2.45, 2.75) is 6.54 Å². The number of benzene rings is 1. The SMILES string of the molecule is Cn1ccc(=O)n(Cc2ccc(F)cc2)c1=O. The molecule has 1 aromatic heterocycles. The average molecular weight is 234 g/mol. The summed E-state index contributed by atoms with van der Waals surface area (Å²) in [7, 11) is 1.57. The van der Waals surface area contributed by atoms with Crippen molar-refractivity contribution in [1.82, 2.24) is 9.13 Å². The van der Waals surface area contributed by atoms with E-state index < -0.39 is 0 Å². The lowest BCUT2D eigenvalue weighted by atomic mass is 10.2. The Bertz CT molecular complexity index is 641. The summed E-state index contributed by atoms with van der Waals surface area (Å²) in [5.74, 6) is -0.345. The van der Waals surface area contributed by atoms with Crippen LogP contribution in [-0.2, 0) is 13.6 Å². The molecule has 0 aliphatic heterocycles. The molecule has 0 saturated heterocycles. The van der Waals surface area contributed by atoms with Crippen molar-refractivity contribution in [2.24, 2.45) is 7.05 Å². The van der Waals surface area contributed by atoms with Gasteiger partial charge in [-0.1, -0.05) is 12.1 Å². The molecule has 0 fully saturated rings. The van der Waals surface area contributed by atoms with Crippen LogP contribution in [-0.4, -0.2) is 9.13 Å². The van der Waals surface area contributed by atoms with Crippen molar-refractivity contribution in [2.75, 3.05) is 0 Å². The number of hydrogen-bond acceptors (Lipinski definition) is 2. The Balaban J connectivity index is 2.43. The Hall–Kier alpha value is -2.17. The first-order valence-corrected chi connectivity index (χ1v) is 5.09. The molecule has 0 unspecified atom stereocenters. The van der Waals surface area contributed by atoms with E-state index in [0.29, 0.717) is 5.56 Å². The van der Waals surface area contributed by atoms with Gasteiger partial charge in [-0.25, -0.2) is 9.18 Å². The molecule has 0 aliphatic rings. The molecule has 0 spiro atoms. The molecule has 1 heterocycles. The quantitative estimate of drug-likeness (QED) is 0.769. The zero-order valence-electron chi connectivity index (χ0n) is 9.26. The average Bonchev–Trinajstić information content (AvgIpc) is 2.32. The van der Waals surface area contributed by atoms with Crippen LogP contribution in [0.5, 0.6) is 0 Å². The molecule has 0 bridgehead atoms. The van der Waals surface area contributed by atoms with Crippen LogP contribution in [0.2, 0.25) is 0 Å². The predicted molar refractivity (Wildman–Crippen MR) is 61.4 cm³/mol. The molecular weight excluding hydrogens is 223 g/mol. The van der Waals surface area contributed by atoms with E-state index in [1.165, 1.54) is 29.0 Å². The summed E-state index contributed by atoms with van der Waals surface area (Å²) in [6.45, 7) is 0.145. The van der Waals surface area contributed by atoms with Crippen LogP contribution in [0.25, 0.3) is 0 Å². The fraction of sp³-hybridized carbons (Fsp3) is 0.167. The summed E-state index contributed by atoms with van der Waals surface area (Å²) >= 11 is 0. The molecule has 2 aromatic rings. The summed E-state index contributed by atoms with van der Waals surface area (Å²) in [6.07, 6.45) is 1.42. The molecule has 5 heteroatoms. The van der Waals surface area contributed by atoms with E-state index >= 15 is 0 Å². The van der Waals surface area contributed by atoms with Crippen molar-refractivity contribution in [3.63, 3.8) is 0 Å². The van der Waals surface area contributed by atoms with Gasteiger partial charge in [0.1, 0.15) is 5.82 Å². The van der Waals surface area contributed by atoms with Gasteiger partial charge in [0.05, 0.1) is 6.54 Å². The van der Waals surface area contributed by atoms with Gasteiger partial charge in [0, 0.05) is 19.3 Å². The third-order valence-electron chi connectivity index (χ3n) is 2.49. The molecule has 17 heavy (non-hydrogen) atoms. The number of aromatic nitrogens is 2. The Morgan fingerprint density at radius 2 is 1.76 bits per heavy atom. The van der Waals surface area contributed by atoms with Crippen molar-refractivity contribution >= 4 is 0 Å². The lowest BCUT2D eigenvalue weighted by Crippen LogP contribution is -2.38. The predicted octanol–water partition coefficient (Wildman–Crippen LogP) is 0.734. The van der Waals surface area contributed by atoms with Gasteiger partial charge in [-0.15, -0.1) is 0 Å². The highest BCUT2D eigenvalue weighted by Gasteiger charge is 2.03. The zero-order chi connectivity index (χ0) is 12.4. The van der Waals surface area contributed by atoms with Gasteiger partial charge >= 0.3 is 5.69 Å². The second kappa shape index (κ2) is 4.37. The highest BCUT2D eigenvalue weighted by molar-refractivity contribution is 5.16. The van der Waals surface area contributed by atoms with Gasteiger partial charge in [-0.05, 0) is 17.7 Å². The molecule has 0 N–H and O–H groups in total. The van der Waals surface area contributed by atoms with Crippen molar-refractivity contribution < 1.29 is 4.39 Å². The van der Waals surface area contributed by atoms with Crippen LogP contribution in [0.3, 0.4) is 0 Å². The first kappa shape index (κ1) is 11.3. The summed E-state index contributed by atoms with van der Waals surface area (Å²) < 4.78 is 15.1. The molecule has 0 saturated carbocycles. The van der Waals surface area contributed by atoms with Crippen LogP contribution in [0.4, 0.5) is 4.39 Å². The highest BCUT2D eigenvalue weighted by Crippen LogP contribution is 2.02. The number of nitrogens with zero attached hydrogens (tertiary/aromatic N) is 2. The van der Waals surface area contributed by atoms with Gasteiger partial charge in [0.2, 0.25) is 0 Å². The summed E-state index contributed by atoms with van der Waals surface area (Å²) in [5, 5.41) is 0. The van der Waals surface area contributed by atoms with E-state index in [9.17, 15) is 14.0 Å². The van der Waals surface area contributed by atoms with Crippen LogP contribution in [0, 0.1) is 5.82 Å². The maximum atomic E-state index is 12.7. The molecule has 0 atom stereocenters. The Kier molecular flexibility index (Phi) is 2.91. The number of rotatable bonds is 2. The lowest BCUT2D eigenvalue weighted by molar-refractivity contribution is 0.620. The van der Waals surface area contributed by atoms with Crippen LogP contribution in [0.15, 0.2) is 46.1 Å². The fourth-order valence-corrected chi connectivity index (χ4v) is 1.53. The fourth-order valence-electron chi connectivity index (χ4n) is 1.53. The van der Waals surface area contributed by atoms with Gasteiger partial charge in [0.25, 0.3) is 5.56 Å². The van der Waals surface area contributed by atoms with Crippen LogP contribution < -0.4 is 11.2 Å². The molecule has 0 aliphatic carbocycles. The summed E-state index contributed by atoms with van der Waals surface area (Å²) in [4.78, 5) is 23.3. The van der Waals surface area contributed by atoms with Crippen molar-refractivity contribution in [3.8, 4) is 0 Å². The van der Waals surface area contributed by atoms with E-state index in [2.05, 4.69) is 0 Å². The highest BCUT2D eigenvalue weighted by atomic mass is 19.1. The third-order valence-corrected chi connectivity index (χ3v) is 2.49. The van der Waals surface area contributed by atoms with Gasteiger partial charge in [0.15, 0.2) is 0 Å². The minimum absolute atomic E-state index is 0.145. The zero-order valence-corrected chi connectivity index (χ0v) is 9.26. The Morgan fingerprint density at radius 1 is 1.12 bits per heavy atom. The van der Waals surface area contributed by atoms with Crippen LogP contribution in [0.1, 0.15) is 5.56 Å². The summed E-state index contributed by atoms with van der Waals surface area (Å²) in [6, 6.07) is 7.02. The number of halogens is 1. The first-order valence-electron chi connectivity index (χ1n) is 5.09. The van der Waals surface area contributed by atoms with E-state index in [1.54, 1.807) is 19.2 Å². The Morgan fingerprint density at radius 3 is 2.41 bits per heavy atom. The largest absolute Gasteiger partial charge is 0.331 e. The van der Waals surface area contributed by atoms with Crippen LogP contribution >= 0.6 is 0 Å². The van der Waals surface area contributed by atoms with E-state index in [-0.39, 0.29) is 23.6 Å². The van der Waals surface area contributed by atoms with Gasteiger partial charge < -0.3 is 4.57 Å². The smallest absolute Gasteiger partial charge is 0.303 e. The van der Waals surface area contributed by atoms with Crippen molar-refractivity contribution in [3.05, 3.63) is 68.7 Å². The first-order chi connectivity index (χ1) is 8.08. The minimum Gasteiger partial charge on any atom is -0.303 e. The molecule has 0 amide bonds. The summed E-state index contributed by atoms with van der Waals surface area (Å²) in [5.41, 5.74) is -0.0453. The standard InChI is InChI=1S/C12H11FN2O2/c1-14-7-6-11(16)15(12(14)17)8-9-2-4-10(13)5-3-9/h2-7H,8H2,1H3. The maximum Gasteiger partial charge on any atom is 0.331 e. The van der Waals surface area contributed by atoms with E-state index in [1.807, 2.05) is 0 Å². The second-order valence-corrected chi connectivity index (χ2v) is 3.76.